The Labute approximate surface area is 157 Å². The molecule has 0 heterocycles. The number of hydrogen-bond acceptors (Lipinski definition) is 5. The van der Waals surface area contributed by atoms with Crippen molar-refractivity contribution in [3.8, 4) is 11.5 Å². The van der Waals surface area contributed by atoms with Crippen LogP contribution in [0.1, 0.15) is 22.8 Å². The zero-order chi connectivity index (χ0) is 18.9. The second-order valence-corrected chi connectivity index (χ2v) is 8.01. The maximum Gasteiger partial charge on any atom is 0.339 e. The number of aromatic hydroxyl groups is 2. The summed E-state index contributed by atoms with van der Waals surface area (Å²) in [7, 11) is -4.35. The zero-order valence-corrected chi connectivity index (χ0v) is 15.9. The summed E-state index contributed by atoms with van der Waals surface area (Å²) < 4.78 is 27.5. The summed E-state index contributed by atoms with van der Waals surface area (Å²) in [5.41, 5.74) is -0.245. The lowest BCUT2D eigenvalue weighted by atomic mass is 10.1. The molecule has 2 aromatic carbocycles. The third-order valence-electron chi connectivity index (χ3n) is 3.34. The number of carboxylic acid groups (broad SMARTS) is 1. The van der Waals surface area contributed by atoms with E-state index in [0.717, 1.165) is 6.07 Å². The van der Waals surface area contributed by atoms with Gasteiger partial charge in [-0.25, -0.2) is 13.2 Å². The molecule has 25 heavy (non-hydrogen) atoms. The summed E-state index contributed by atoms with van der Waals surface area (Å²) in [5.74, 6) is -2.79. The van der Waals surface area contributed by atoms with Crippen LogP contribution in [0, 0.1) is 0 Å². The molecule has 134 valence electrons. The van der Waals surface area contributed by atoms with Crippen molar-refractivity contribution in [3.05, 3.63) is 44.9 Å². The number of aromatic carboxylic acids is 1. The van der Waals surface area contributed by atoms with Crippen molar-refractivity contribution in [1.29, 1.82) is 0 Å². The molecule has 0 aliphatic rings. The van der Waals surface area contributed by atoms with Crippen LogP contribution in [-0.4, -0.2) is 29.7 Å². The highest BCUT2D eigenvalue weighted by Gasteiger charge is 2.24. The van der Waals surface area contributed by atoms with Crippen LogP contribution in [-0.2, 0) is 16.4 Å². The Kier molecular flexibility index (Phi) is 5.50. The molecule has 0 atom stereocenters. The number of aryl methyl sites for hydroxylation is 1. The van der Waals surface area contributed by atoms with Gasteiger partial charge in [-0.2, -0.15) is 0 Å². The average Bonchev–Trinajstić information content (AvgIpc) is 2.52. The highest BCUT2D eigenvalue weighted by atomic mass is 79.9. The normalized spacial score (nSPS) is 11.3. The first kappa shape index (κ1) is 19.4. The summed E-state index contributed by atoms with van der Waals surface area (Å²) in [4.78, 5) is 10.7. The number of benzene rings is 2. The molecule has 2 aromatic rings. The first-order valence-corrected chi connectivity index (χ1v) is 9.52. The average molecular weight is 451 g/mol. The third kappa shape index (κ3) is 4.00. The van der Waals surface area contributed by atoms with Gasteiger partial charge in [0.25, 0.3) is 10.0 Å². The Hall–Kier alpha value is -1.97. The second-order valence-electron chi connectivity index (χ2n) is 5.04. The van der Waals surface area contributed by atoms with E-state index in [1.165, 1.54) is 18.2 Å². The van der Waals surface area contributed by atoms with Crippen molar-refractivity contribution in [2.45, 2.75) is 18.2 Å². The first-order valence-electron chi connectivity index (χ1n) is 6.86. The number of sulfonamides is 1. The largest absolute Gasteiger partial charge is 0.505 e. The van der Waals surface area contributed by atoms with E-state index in [0.29, 0.717) is 16.5 Å². The molecule has 7 nitrogen and oxygen atoms in total. The Morgan fingerprint density at radius 2 is 1.84 bits per heavy atom. The summed E-state index contributed by atoms with van der Waals surface area (Å²) in [6.45, 7) is 1.75. The maximum atomic E-state index is 12.6. The molecule has 0 amide bonds. The quantitative estimate of drug-likeness (QED) is 0.516. The first-order chi connectivity index (χ1) is 11.6. The summed E-state index contributed by atoms with van der Waals surface area (Å²) in [5, 5.41) is 28.9. The van der Waals surface area contributed by atoms with Gasteiger partial charge in [0.05, 0.1) is 10.7 Å². The van der Waals surface area contributed by atoms with E-state index in [-0.39, 0.29) is 10.7 Å². The fourth-order valence-electron chi connectivity index (χ4n) is 2.09. The van der Waals surface area contributed by atoms with Gasteiger partial charge in [-0.15, -0.1) is 0 Å². The fourth-order valence-corrected chi connectivity index (χ4v) is 4.30. The summed E-state index contributed by atoms with van der Waals surface area (Å²) in [6, 6.07) is 5.01. The number of phenols is 2. The highest BCUT2D eigenvalue weighted by Crippen LogP contribution is 2.37. The number of halogens is 2. The second kappa shape index (κ2) is 7.11. The number of anilines is 1. The third-order valence-corrected chi connectivity index (χ3v) is 5.46. The number of hydrogen-bond donors (Lipinski definition) is 4. The Morgan fingerprint density at radius 3 is 2.40 bits per heavy atom. The number of nitrogens with one attached hydrogen (secondary N) is 1. The van der Waals surface area contributed by atoms with Crippen molar-refractivity contribution in [2.75, 3.05) is 4.72 Å². The minimum Gasteiger partial charge on any atom is -0.505 e. The van der Waals surface area contributed by atoms with Gasteiger partial charge < -0.3 is 15.3 Å². The molecule has 0 bridgehead atoms. The highest BCUT2D eigenvalue weighted by molar-refractivity contribution is 9.10. The zero-order valence-electron chi connectivity index (χ0n) is 12.7. The van der Waals surface area contributed by atoms with Crippen LogP contribution in [0.2, 0.25) is 5.02 Å². The number of phenolic OH excluding ortho intramolecular Hbond substituents is 1. The van der Waals surface area contributed by atoms with Crippen LogP contribution in [0.4, 0.5) is 5.69 Å². The van der Waals surface area contributed by atoms with E-state index in [1.54, 1.807) is 6.92 Å². The monoisotopic (exact) mass is 449 g/mol. The minimum atomic E-state index is -4.35. The molecular weight excluding hydrogens is 438 g/mol. The van der Waals surface area contributed by atoms with Gasteiger partial charge in [0, 0.05) is 4.47 Å². The molecule has 0 aliphatic carbocycles. The predicted octanol–water partition coefficient (Wildman–Crippen LogP) is 3.58. The molecule has 0 spiro atoms. The summed E-state index contributed by atoms with van der Waals surface area (Å²) >= 11 is 8.85. The van der Waals surface area contributed by atoms with Crippen molar-refractivity contribution >= 4 is 49.2 Å². The van der Waals surface area contributed by atoms with Gasteiger partial charge >= 0.3 is 5.97 Å². The van der Waals surface area contributed by atoms with Crippen LogP contribution in [0.5, 0.6) is 11.5 Å². The van der Waals surface area contributed by atoms with E-state index in [2.05, 4.69) is 20.7 Å². The molecule has 2 rings (SSSR count). The lowest BCUT2D eigenvalue weighted by molar-refractivity contribution is 0.0693. The summed E-state index contributed by atoms with van der Waals surface area (Å²) in [6.07, 6.45) is 0.420. The molecule has 10 heteroatoms. The lowest BCUT2D eigenvalue weighted by Crippen LogP contribution is -2.14. The molecule has 0 saturated carbocycles. The molecular formula is C15H13BrClNO6S. The molecule has 0 aliphatic heterocycles. The van der Waals surface area contributed by atoms with Crippen LogP contribution in [0.25, 0.3) is 0 Å². The lowest BCUT2D eigenvalue weighted by Gasteiger charge is -2.14. The Balaban J connectivity index is 2.59. The number of rotatable bonds is 5. The number of carbonyl (C=O) groups is 1. The standard InChI is InChI=1S/C15H13BrClNO6S/c1-2-7-3-9(15(21)22)13(19)11(4-7)18-25(23,24)12-6-8(16)5-10(17)14(12)20/h3-6,18-20H,2H2,1H3,(H,21,22). The molecule has 4 N–H and O–H groups in total. The topological polar surface area (TPSA) is 124 Å². The van der Waals surface area contributed by atoms with E-state index in [9.17, 15) is 23.4 Å². The molecule has 0 unspecified atom stereocenters. The molecule has 0 radical (unpaired) electrons. The van der Waals surface area contributed by atoms with Crippen LogP contribution in [0.3, 0.4) is 0 Å². The van der Waals surface area contributed by atoms with Gasteiger partial charge in [0.2, 0.25) is 0 Å². The van der Waals surface area contributed by atoms with Gasteiger partial charge in [0.1, 0.15) is 10.5 Å². The maximum absolute atomic E-state index is 12.6. The molecule has 0 fully saturated rings. The Morgan fingerprint density at radius 1 is 1.20 bits per heavy atom. The minimum absolute atomic E-state index is 0.187. The van der Waals surface area contributed by atoms with Crippen molar-refractivity contribution in [1.82, 2.24) is 0 Å². The predicted molar refractivity (Wildman–Crippen MR) is 96.1 cm³/mol. The van der Waals surface area contributed by atoms with Gasteiger partial charge in [-0.05, 0) is 36.2 Å². The van der Waals surface area contributed by atoms with Crippen molar-refractivity contribution < 1.29 is 28.5 Å². The van der Waals surface area contributed by atoms with Crippen LogP contribution < -0.4 is 4.72 Å². The van der Waals surface area contributed by atoms with Gasteiger partial charge in [0.15, 0.2) is 11.5 Å². The van der Waals surface area contributed by atoms with Gasteiger partial charge in [-0.1, -0.05) is 34.5 Å². The molecule has 0 saturated heterocycles. The van der Waals surface area contributed by atoms with E-state index in [4.69, 9.17) is 16.7 Å². The fraction of sp³-hybridized carbons (Fsp3) is 0.133. The van der Waals surface area contributed by atoms with E-state index < -0.39 is 38.0 Å². The Bertz CT molecular complexity index is 961. The van der Waals surface area contributed by atoms with E-state index in [1.807, 2.05) is 0 Å². The SMILES string of the molecule is CCc1cc(NS(=O)(=O)c2cc(Br)cc(Cl)c2O)c(O)c(C(=O)O)c1. The van der Waals surface area contributed by atoms with Crippen LogP contribution >= 0.6 is 27.5 Å². The van der Waals surface area contributed by atoms with Crippen molar-refractivity contribution in [3.63, 3.8) is 0 Å². The van der Waals surface area contributed by atoms with E-state index >= 15 is 0 Å². The number of carboxylic acids is 1. The van der Waals surface area contributed by atoms with Gasteiger partial charge in [-0.3, -0.25) is 4.72 Å². The van der Waals surface area contributed by atoms with Crippen molar-refractivity contribution in [2.24, 2.45) is 0 Å². The smallest absolute Gasteiger partial charge is 0.339 e. The molecule has 0 aromatic heterocycles. The van der Waals surface area contributed by atoms with Crippen LogP contribution in [0.15, 0.2) is 33.6 Å².